The number of furan rings is 1. The van der Waals surface area contributed by atoms with Gasteiger partial charge in [0.05, 0.1) is 17.9 Å². The van der Waals surface area contributed by atoms with E-state index in [1.165, 1.54) is 0 Å². The van der Waals surface area contributed by atoms with Gasteiger partial charge in [-0.1, -0.05) is 12.1 Å². The number of halogens is 1. The predicted octanol–water partition coefficient (Wildman–Crippen LogP) is 3.31. The Kier molecular flexibility index (Phi) is 9.08. The van der Waals surface area contributed by atoms with E-state index in [0.717, 1.165) is 11.5 Å². The molecule has 0 aliphatic carbocycles. The van der Waals surface area contributed by atoms with Crippen LogP contribution in [0.3, 0.4) is 0 Å². The number of rotatable bonds is 10. The van der Waals surface area contributed by atoms with Gasteiger partial charge in [-0.15, -0.1) is 0 Å². The van der Waals surface area contributed by atoms with Crippen molar-refractivity contribution in [3.8, 4) is 0 Å². The van der Waals surface area contributed by atoms with Crippen LogP contribution in [0.1, 0.15) is 28.6 Å². The van der Waals surface area contributed by atoms with Gasteiger partial charge in [0.2, 0.25) is 5.91 Å². The molecule has 1 aromatic heterocycles. The van der Waals surface area contributed by atoms with Gasteiger partial charge in [0, 0.05) is 11.0 Å². The van der Waals surface area contributed by atoms with Gasteiger partial charge >= 0.3 is 0 Å². The first-order valence-electron chi connectivity index (χ1n) is 8.96. The zero-order chi connectivity index (χ0) is 20.5. The number of thioether (sulfide) groups is 1. The summed E-state index contributed by atoms with van der Waals surface area (Å²) in [6.45, 7) is 0.389. The number of hydrogen-bond acceptors (Lipinski definition) is 5. The fourth-order valence-corrected chi connectivity index (χ4v) is 3.66. The molecule has 2 unspecified atom stereocenters. The van der Waals surface area contributed by atoms with E-state index in [1.807, 2.05) is 43.5 Å². The summed E-state index contributed by atoms with van der Waals surface area (Å²) >= 11 is 5.02. The molecular formula is C20H26BrN3O3S. The lowest BCUT2D eigenvalue weighted by atomic mass is 10.1. The second-order valence-corrected chi connectivity index (χ2v) is 8.37. The molecule has 6 nitrogen and oxygen atoms in total. The van der Waals surface area contributed by atoms with Gasteiger partial charge in [0.1, 0.15) is 11.8 Å². The van der Waals surface area contributed by atoms with Crippen LogP contribution in [0, 0.1) is 0 Å². The molecule has 0 aliphatic heterocycles. The van der Waals surface area contributed by atoms with E-state index in [-0.39, 0.29) is 17.9 Å². The van der Waals surface area contributed by atoms with Crippen molar-refractivity contribution in [2.45, 2.75) is 18.5 Å². The van der Waals surface area contributed by atoms with E-state index in [9.17, 15) is 9.59 Å². The molecule has 2 atom stereocenters. The average Bonchev–Trinajstić information content (AvgIpc) is 3.19. The first kappa shape index (κ1) is 22.5. The van der Waals surface area contributed by atoms with Crippen LogP contribution >= 0.6 is 27.7 Å². The van der Waals surface area contributed by atoms with Crippen molar-refractivity contribution in [3.63, 3.8) is 0 Å². The molecule has 1 heterocycles. The van der Waals surface area contributed by atoms with Crippen molar-refractivity contribution in [2.75, 3.05) is 32.6 Å². The highest BCUT2D eigenvalue weighted by Crippen LogP contribution is 2.18. The molecule has 0 radical (unpaired) electrons. The molecule has 0 fully saturated rings. The number of benzene rings is 1. The Balaban J connectivity index is 2.03. The fourth-order valence-electron chi connectivity index (χ4n) is 2.72. The second-order valence-electron chi connectivity index (χ2n) is 6.53. The molecule has 152 valence electrons. The van der Waals surface area contributed by atoms with E-state index in [0.29, 0.717) is 23.0 Å². The summed E-state index contributed by atoms with van der Waals surface area (Å²) in [5, 5.41) is 5.82. The lowest BCUT2D eigenvalue weighted by Crippen LogP contribution is -2.48. The molecule has 28 heavy (non-hydrogen) atoms. The quantitative estimate of drug-likeness (QED) is 0.560. The monoisotopic (exact) mass is 467 g/mol. The molecule has 2 amide bonds. The first-order valence-corrected chi connectivity index (χ1v) is 11.1. The number of hydrogen-bond donors (Lipinski definition) is 2. The van der Waals surface area contributed by atoms with Gasteiger partial charge in [-0.3, -0.25) is 14.5 Å². The molecule has 0 bridgehead atoms. The molecule has 0 aliphatic rings. The lowest BCUT2D eigenvalue weighted by molar-refractivity contribution is -0.123. The van der Waals surface area contributed by atoms with Crippen molar-refractivity contribution in [1.82, 2.24) is 15.5 Å². The Morgan fingerprint density at radius 3 is 2.57 bits per heavy atom. The lowest BCUT2D eigenvalue weighted by Gasteiger charge is -2.24. The van der Waals surface area contributed by atoms with Crippen LogP contribution in [-0.4, -0.2) is 55.4 Å². The van der Waals surface area contributed by atoms with Crippen LogP contribution in [0.25, 0.3) is 0 Å². The third-order valence-corrected chi connectivity index (χ3v) is 5.65. The third-order valence-electron chi connectivity index (χ3n) is 4.32. The summed E-state index contributed by atoms with van der Waals surface area (Å²) in [6.07, 6.45) is 4.15. The smallest absolute Gasteiger partial charge is 0.253 e. The van der Waals surface area contributed by atoms with Gasteiger partial charge < -0.3 is 15.1 Å². The molecule has 0 saturated heterocycles. The van der Waals surface area contributed by atoms with Gasteiger partial charge in [-0.05, 0) is 72.7 Å². The SMILES string of the molecule is CSCCC(NC(=O)c1ccccc1Br)C(=O)NCC(c1ccco1)N(C)C. The number of amides is 2. The molecule has 2 N–H and O–H groups in total. The second kappa shape index (κ2) is 11.3. The van der Waals surface area contributed by atoms with E-state index in [2.05, 4.69) is 26.6 Å². The number of carbonyl (C=O) groups excluding carboxylic acids is 2. The normalized spacial score (nSPS) is 13.2. The zero-order valence-corrected chi connectivity index (χ0v) is 18.7. The summed E-state index contributed by atoms with van der Waals surface area (Å²) in [5.74, 6) is 1.07. The highest BCUT2D eigenvalue weighted by atomic mass is 79.9. The van der Waals surface area contributed by atoms with Gasteiger partial charge in [-0.2, -0.15) is 11.8 Å². The van der Waals surface area contributed by atoms with E-state index in [1.54, 1.807) is 36.2 Å². The molecule has 0 saturated carbocycles. The highest BCUT2D eigenvalue weighted by molar-refractivity contribution is 9.10. The Bertz CT molecular complexity index is 768. The van der Waals surface area contributed by atoms with Crippen LogP contribution in [0.4, 0.5) is 0 Å². The van der Waals surface area contributed by atoms with E-state index >= 15 is 0 Å². The third kappa shape index (κ3) is 6.39. The van der Waals surface area contributed by atoms with Gasteiger partial charge in [0.25, 0.3) is 5.91 Å². The highest BCUT2D eigenvalue weighted by Gasteiger charge is 2.24. The van der Waals surface area contributed by atoms with Gasteiger partial charge in [-0.25, -0.2) is 0 Å². The molecule has 8 heteroatoms. The minimum absolute atomic E-state index is 0.0841. The van der Waals surface area contributed by atoms with Crippen LogP contribution < -0.4 is 10.6 Å². The fraction of sp³-hybridized carbons (Fsp3) is 0.400. The summed E-state index contributed by atoms with van der Waals surface area (Å²) < 4.78 is 6.18. The standard InChI is InChI=1S/C20H26BrN3O3S/c1-24(2)17(18-9-6-11-27-18)13-22-20(26)16(10-12-28-3)23-19(25)14-7-4-5-8-15(14)21/h4-9,11,16-17H,10,12-13H2,1-3H3,(H,22,26)(H,23,25). The Morgan fingerprint density at radius 2 is 1.96 bits per heavy atom. The maximum Gasteiger partial charge on any atom is 0.253 e. The van der Waals surface area contributed by atoms with E-state index in [4.69, 9.17) is 4.42 Å². The van der Waals surface area contributed by atoms with Crippen LogP contribution in [0.2, 0.25) is 0 Å². The minimum Gasteiger partial charge on any atom is -0.468 e. The minimum atomic E-state index is -0.605. The number of carbonyl (C=O) groups is 2. The molecular weight excluding hydrogens is 442 g/mol. The van der Waals surface area contributed by atoms with Crippen molar-refractivity contribution in [1.29, 1.82) is 0 Å². The van der Waals surface area contributed by atoms with Crippen LogP contribution in [-0.2, 0) is 4.79 Å². The Hall–Kier alpha value is -1.77. The van der Waals surface area contributed by atoms with Crippen molar-refractivity contribution < 1.29 is 14.0 Å². The zero-order valence-electron chi connectivity index (χ0n) is 16.3. The topological polar surface area (TPSA) is 74.6 Å². The number of nitrogens with one attached hydrogen (secondary N) is 2. The Labute approximate surface area is 178 Å². The average molecular weight is 468 g/mol. The van der Waals surface area contributed by atoms with E-state index < -0.39 is 6.04 Å². The molecule has 0 spiro atoms. The molecule has 1 aromatic carbocycles. The first-order chi connectivity index (χ1) is 13.4. The van der Waals surface area contributed by atoms with Crippen LogP contribution in [0.15, 0.2) is 51.6 Å². The Morgan fingerprint density at radius 1 is 1.21 bits per heavy atom. The summed E-state index contributed by atoms with van der Waals surface area (Å²) in [5.41, 5.74) is 0.506. The van der Waals surface area contributed by atoms with Crippen molar-refractivity contribution >= 4 is 39.5 Å². The maximum atomic E-state index is 12.8. The largest absolute Gasteiger partial charge is 0.468 e. The predicted molar refractivity (Wildman–Crippen MR) is 117 cm³/mol. The van der Waals surface area contributed by atoms with Crippen molar-refractivity contribution in [2.24, 2.45) is 0 Å². The maximum absolute atomic E-state index is 12.8. The van der Waals surface area contributed by atoms with Gasteiger partial charge in [0.15, 0.2) is 0 Å². The summed E-state index contributed by atoms with van der Waals surface area (Å²) in [7, 11) is 3.86. The summed E-state index contributed by atoms with van der Waals surface area (Å²) in [4.78, 5) is 27.4. The molecule has 2 rings (SSSR count). The van der Waals surface area contributed by atoms with Crippen LogP contribution in [0.5, 0.6) is 0 Å². The number of nitrogens with zero attached hydrogens (tertiary/aromatic N) is 1. The summed E-state index contributed by atoms with van der Waals surface area (Å²) in [6, 6.07) is 10.2. The number of likely N-dealkylation sites (N-methyl/N-ethyl adjacent to an activating group) is 1. The molecule has 2 aromatic rings. The van der Waals surface area contributed by atoms with Crippen molar-refractivity contribution in [3.05, 3.63) is 58.5 Å².